The van der Waals surface area contributed by atoms with Crippen molar-refractivity contribution < 1.29 is 4.79 Å². The van der Waals surface area contributed by atoms with Gasteiger partial charge in [0.25, 0.3) is 5.56 Å². The molecule has 1 atom stereocenters. The second-order valence-corrected chi connectivity index (χ2v) is 8.36. The van der Waals surface area contributed by atoms with E-state index in [0.29, 0.717) is 18.3 Å². The van der Waals surface area contributed by atoms with Gasteiger partial charge in [-0.15, -0.1) is 11.3 Å². The molecular weight excluding hydrogens is 372 g/mol. The molecule has 3 aromatic rings. The quantitative estimate of drug-likeness (QED) is 0.549. The molecular formula is C21H26N4O2S. The summed E-state index contributed by atoms with van der Waals surface area (Å²) in [5, 5.41) is 6.73. The average Bonchev–Trinajstić information content (AvgIpc) is 2.96. The first-order chi connectivity index (χ1) is 13.4. The van der Waals surface area contributed by atoms with Crippen molar-refractivity contribution in [1.29, 1.82) is 0 Å². The normalized spacial score (nSPS) is 12.1. The van der Waals surface area contributed by atoms with Crippen LogP contribution in [-0.2, 0) is 17.8 Å². The van der Waals surface area contributed by atoms with Crippen molar-refractivity contribution in [3.8, 4) is 0 Å². The van der Waals surface area contributed by atoms with Crippen molar-refractivity contribution in [2.24, 2.45) is 5.92 Å². The molecule has 0 bridgehead atoms. The van der Waals surface area contributed by atoms with Gasteiger partial charge in [-0.25, -0.2) is 4.98 Å². The fourth-order valence-electron chi connectivity index (χ4n) is 3.10. The van der Waals surface area contributed by atoms with Gasteiger partial charge in [0.1, 0.15) is 10.7 Å². The lowest BCUT2D eigenvalue weighted by atomic mass is 9.98. The van der Waals surface area contributed by atoms with E-state index in [2.05, 4.69) is 41.4 Å². The molecule has 0 radical (unpaired) electrons. The number of hydrogen-bond donors (Lipinski definition) is 3. The van der Waals surface area contributed by atoms with Crippen LogP contribution in [-0.4, -0.2) is 15.9 Å². The number of H-pyrrole nitrogens is 1. The number of rotatable bonds is 7. The largest absolute Gasteiger partial charge is 0.378 e. The van der Waals surface area contributed by atoms with E-state index in [0.717, 1.165) is 40.0 Å². The average molecular weight is 399 g/mol. The first-order valence-corrected chi connectivity index (χ1v) is 10.3. The first kappa shape index (κ1) is 20.1. The Bertz CT molecular complexity index is 1040. The first-order valence-electron chi connectivity index (χ1n) is 9.50. The van der Waals surface area contributed by atoms with E-state index in [9.17, 15) is 9.59 Å². The van der Waals surface area contributed by atoms with Gasteiger partial charge < -0.3 is 15.6 Å². The molecule has 7 heteroatoms. The lowest BCUT2D eigenvalue weighted by Crippen LogP contribution is -2.15. The van der Waals surface area contributed by atoms with E-state index in [1.165, 1.54) is 11.8 Å². The van der Waals surface area contributed by atoms with Crippen molar-refractivity contribution in [3.63, 3.8) is 0 Å². The number of carbonyl (C=O) groups is 1. The summed E-state index contributed by atoms with van der Waals surface area (Å²) >= 11 is 1.59. The second kappa shape index (κ2) is 8.56. The van der Waals surface area contributed by atoms with Gasteiger partial charge in [0, 0.05) is 23.2 Å². The maximum Gasteiger partial charge on any atom is 0.259 e. The number of nitrogens with zero attached hydrogens (tertiary/aromatic N) is 1. The Balaban J connectivity index is 1.77. The highest BCUT2D eigenvalue weighted by molar-refractivity contribution is 7.18. The number of fused-ring (bicyclic) bond motifs is 1. The number of aromatic nitrogens is 2. The highest BCUT2D eigenvalue weighted by Crippen LogP contribution is 2.29. The molecule has 0 aliphatic carbocycles. The number of carbonyl (C=O) groups excluding carboxylic acids is 1. The Labute approximate surface area is 168 Å². The molecule has 1 unspecified atom stereocenters. The zero-order valence-electron chi connectivity index (χ0n) is 16.7. The van der Waals surface area contributed by atoms with Gasteiger partial charge >= 0.3 is 0 Å². The molecule has 0 saturated heterocycles. The lowest BCUT2D eigenvalue weighted by Gasteiger charge is -2.09. The molecule has 0 spiro atoms. The van der Waals surface area contributed by atoms with E-state index in [-0.39, 0.29) is 11.5 Å². The zero-order valence-corrected chi connectivity index (χ0v) is 17.5. The predicted molar refractivity (Wildman–Crippen MR) is 116 cm³/mol. The molecule has 148 valence electrons. The van der Waals surface area contributed by atoms with Crippen molar-refractivity contribution in [3.05, 3.63) is 50.9 Å². The number of hydrogen-bond acceptors (Lipinski definition) is 5. The summed E-state index contributed by atoms with van der Waals surface area (Å²) in [6.07, 6.45) is 2.00. The minimum absolute atomic E-state index is 0.0644. The Hall–Kier alpha value is -2.67. The predicted octanol–water partition coefficient (Wildman–Crippen LogP) is 4.45. The van der Waals surface area contributed by atoms with Gasteiger partial charge in [0.2, 0.25) is 5.91 Å². The fourth-order valence-corrected chi connectivity index (χ4v) is 4.17. The third-order valence-electron chi connectivity index (χ3n) is 4.83. The summed E-state index contributed by atoms with van der Waals surface area (Å²) in [4.78, 5) is 33.4. The van der Waals surface area contributed by atoms with E-state index >= 15 is 0 Å². The number of thiophene rings is 1. The Morgan fingerprint density at radius 3 is 2.57 bits per heavy atom. The number of aromatic amines is 1. The van der Waals surface area contributed by atoms with E-state index in [1.807, 2.05) is 24.3 Å². The molecule has 0 aliphatic heterocycles. The standard InChI is InChI=1S/C21H26N4O2S/c1-5-12(2)10-17-13(3)28-21-19(17)20(27)24-18(25-21)11-22-15-6-8-16(9-7-15)23-14(4)26/h6-9,12,22H,5,10-11H2,1-4H3,(H,23,26)(H,24,25,27). The van der Waals surface area contributed by atoms with Crippen LogP contribution < -0.4 is 16.2 Å². The maximum atomic E-state index is 12.7. The van der Waals surface area contributed by atoms with Gasteiger partial charge in [-0.05, 0) is 49.1 Å². The third-order valence-corrected chi connectivity index (χ3v) is 5.87. The second-order valence-electron chi connectivity index (χ2n) is 7.16. The van der Waals surface area contributed by atoms with Crippen LogP contribution in [0.1, 0.15) is 43.5 Å². The fraction of sp³-hybridized carbons (Fsp3) is 0.381. The molecule has 6 nitrogen and oxygen atoms in total. The summed E-state index contributed by atoms with van der Waals surface area (Å²) < 4.78 is 0. The smallest absolute Gasteiger partial charge is 0.259 e. The van der Waals surface area contributed by atoms with Gasteiger partial charge in [-0.3, -0.25) is 9.59 Å². The summed E-state index contributed by atoms with van der Waals surface area (Å²) in [5.74, 6) is 1.05. The van der Waals surface area contributed by atoms with Crippen LogP contribution in [0, 0.1) is 12.8 Å². The van der Waals surface area contributed by atoms with Crippen LogP contribution in [0.3, 0.4) is 0 Å². The van der Waals surface area contributed by atoms with Crippen LogP contribution in [0.25, 0.3) is 10.2 Å². The van der Waals surface area contributed by atoms with Gasteiger partial charge in [0.05, 0.1) is 11.9 Å². The molecule has 2 aromatic heterocycles. The molecule has 0 aliphatic rings. The monoisotopic (exact) mass is 398 g/mol. The maximum absolute atomic E-state index is 12.7. The minimum Gasteiger partial charge on any atom is -0.378 e. The van der Waals surface area contributed by atoms with Crippen molar-refractivity contribution in [2.45, 2.75) is 47.1 Å². The van der Waals surface area contributed by atoms with Gasteiger partial charge in [0.15, 0.2) is 0 Å². The molecule has 0 fully saturated rings. The molecule has 3 rings (SSSR count). The lowest BCUT2D eigenvalue weighted by molar-refractivity contribution is -0.114. The van der Waals surface area contributed by atoms with Crippen LogP contribution in [0.15, 0.2) is 29.1 Å². The third kappa shape index (κ3) is 4.59. The van der Waals surface area contributed by atoms with Crippen LogP contribution in [0.4, 0.5) is 11.4 Å². The molecule has 1 aromatic carbocycles. The number of aryl methyl sites for hydroxylation is 1. The van der Waals surface area contributed by atoms with Crippen LogP contribution in [0.5, 0.6) is 0 Å². The highest BCUT2D eigenvalue weighted by Gasteiger charge is 2.16. The van der Waals surface area contributed by atoms with E-state index < -0.39 is 0 Å². The SMILES string of the molecule is CCC(C)Cc1c(C)sc2nc(CNc3ccc(NC(C)=O)cc3)[nH]c(=O)c12. The number of benzene rings is 1. The zero-order chi connectivity index (χ0) is 20.3. The van der Waals surface area contributed by atoms with Gasteiger partial charge in [-0.1, -0.05) is 20.3 Å². The molecule has 0 saturated carbocycles. The van der Waals surface area contributed by atoms with Crippen molar-refractivity contribution in [1.82, 2.24) is 9.97 Å². The summed E-state index contributed by atoms with van der Waals surface area (Å²) in [7, 11) is 0. The number of nitrogens with one attached hydrogen (secondary N) is 3. The van der Waals surface area contributed by atoms with E-state index in [4.69, 9.17) is 0 Å². The minimum atomic E-state index is -0.102. The Kier molecular flexibility index (Phi) is 6.14. The summed E-state index contributed by atoms with van der Waals surface area (Å²) in [5.41, 5.74) is 2.70. The molecule has 1 amide bonds. The Morgan fingerprint density at radius 1 is 1.25 bits per heavy atom. The van der Waals surface area contributed by atoms with Crippen molar-refractivity contribution in [2.75, 3.05) is 10.6 Å². The summed E-state index contributed by atoms with van der Waals surface area (Å²) in [6, 6.07) is 7.41. The molecule has 28 heavy (non-hydrogen) atoms. The van der Waals surface area contributed by atoms with Crippen LogP contribution >= 0.6 is 11.3 Å². The number of anilines is 2. The topological polar surface area (TPSA) is 86.9 Å². The van der Waals surface area contributed by atoms with E-state index in [1.54, 1.807) is 11.3 Å². The Morgan fingerprint density at radius 2 is 1.93 bits per heavy atom. The molecule has 2 heterocycles. The van der Waals surface area contributed by atoms with Crippen molar-refractivity contribution >= 4 is 38.8 Å². The number of amides is 1. The van der Waals surface area contributed by atoms with Gasteiger partial charge in [-0.2, -0.15) is 0 Å². The highest BCUT2D eigenvalue weighted by atomic mass is 32.1. The van der Waals surface area contributed by atoms with Crippen LogP contribution in [0.2, 0.25) is 0 Å². The molecule has 3 N–H and O–H groups in total. The summed E-state index contributed by atoms with van der Waals surface area (Å²) in [6.45, 7) is 8.34.